The van der Waals surface area contributed by atoms with Gasteiger partial charge in [-0.25, -0.2) is 4.79 Å². The van der Waals surface area contributed by atoms with Crippen molar-refractivity contribution in [1.82, 2.24) is 0 Å². The van der Waals surface area contributed by atoms with E-state index in [2.05, 4.69) is 0 Å². The Labute approximate surface area is 123 Å². The van der Waals surface area contributed by atoms with Crippen LogP contribution in [0.25, 0.3) is 11.0 Å². The van der Waals surface area contributed by atoms with Gasteiger partial charge in [0.05, 0.1) is 0 Å². The summed E-state index contributed by atoms with van der Waals surface area (Å²) in [5.74, 6) is -0.268. The van der Waals surface area contributed by atoms with Crippen LogP contribution in [0, 0.1) is 6.92 Å². The minimum Gasteiger partial charge on any atom is -0.460 e. The predicted molar refractivity (Wildman–Crippen MR) is 81.4 cm³/mol. The zero-order valence-corrected chi connectivity index (χ0v) is 12.9. The first-order valence-corrected chi connectivity index (χ1v) is 7.00. The average Bonchev–Trinajstić information content (AvgIpc) is 2.33. The first kappa shape index (κ1) is 15.3. The van der Waals surface area contributed by atoms with Crippen molar-refractivity contribution in [3.05, 3.63) is 45.8 Å². The number of aryl methyl sites for hydroxylation is 2. The van der Waals surface area contributed by atoms with Crippen LogP contribution in [-0.4, -0.2) is 11.6 Å². The number of fused-ring (bicyclic) bond motifs is 1. The van der Waals surface area contributed by atoms with E-state index >= 15 is 0 Å². The highest BCUT2D eigenvalue weighted by Crippen LogP contribution is 2.20. The number of ether oxygens (including phenoxy) is 1. The molecular weight excluding hydrogens is 268 g/mol. The summed E-state index contributed by atoms with van der Waals surface area (Å²) >= 11 is 0. The minimum atomic E-state index is -0.494. The van der Waals surface area contributed by atoms with E-state index in [1.165, 1.54) is 6.07 Å². The second-order valence-corrected chi connectivity index (χ2v) is 6.18. The standard InChI is InChI=1S/C17H20O4/c1-11-5-7-13-12(10-16(19)20-14(13)9-11)6-8-15(18)21-17(2,3)4/h5,7,9-10H,6,8H2,1-4H3. The van der Waals surface area contributed by atoms with Gasteiger partial charge in [0.25, 0.3) is 0 Å². The zero-order chi connectivity index (χ0) is 15.6. The van der Waals surface area contributed by atoms with E-state index in [9.17, 15) is 9.59 Å². The van der Waals surface area contributed by atoms with Crippen LogP contribution in [-0.2, 0) is 16.0 Å². The summed E-state index contributed by atoms with van der Waals surface area (Å²) in [4.78, 5) is 23.4. The van der Waals surface area contributed by atoms with E-state index in [0.717, 1.165) is 16.5 Å². The fraction of sp³-hybridized carbons (Fsp3) is 0.412. The third-order valence-corrected chi connectivity index (χ3v) is 3.00. The highest BCUT2D eigenvalue weighted by molar-refractivity contribution is 5.81. The summed E-state index contributed by atoms with van der Waals surface area (Å²) < 4.78 is 10.5. The van der Waals surface area contributed by atoms with Crippen LogP contribution in [0.2, 0.25) is 0 Å². The Morgan fingerprint density at radius 2 is 1.95 bits per heavy atom. The molecule has 4 nitrogen and oxygen atoms in total. The van der Waals surface area contributed by atoms with Crippen molar-refractivity contribution in [1.29, 1.82) is 0 Å². The minimum absolute atomic E-state index is 0.240. The molecule has 4 heteroatoms. The highest BCUT2D eigenvalue weighted by Gasteiger charge is 2.16. The number of hydrogen-bond donors (Lipinski definition) is 0. The number of benzene rings is 1. The van der Waals surface area contributed by atoms with Gasteiger partial charge in [-0.1, -0.05) is 12.1 Å². The Morgan fingerprint density at radius 3 is 2.62 bits per heavy atom. The number of hydrogen-bond acceptors (Lipinski definition) is 4. The maximum atomic E-state index is 11.8. The van der Waals surface area contributed by atoms with Crippen molar-refractivity contribution < 1.29 is 13.9 Å². The monoisotopic (exact) mass is 288 g/mol. The smallest absolute Gasteiger partial charge is 0.336 e. The van der Waals surface area contributed by atoms with E-state index in [1.54, 1.807) is 0 Å². The topological polar surface area (TPSA) is 56.5 Å². The Morgan fingerprint density at radius 1 is 1.24 bits per heavy atom. The average molecular weight is 288 g/mol. The molecule has 0 spiro atoms. The van der Waals surface area contributed by atoms with E-state index in [0.29, 0.717) is 12.0 Å². The molecule has 0 N–H and O–H groups in total. The third-order valence-electron chi connectivity index (χ3n) is 3.00. The molecule has 1 heterocycles. The number of rotatable bonds is 3. The maximum absolute atomic E-state index is 11.8. The lowest BCUT2D eigenvalue weighted by Gasteiger charge is -2.19. The Hall–Kier alpha value is -2.10. The number of esters is 1. The Balaban J connectivity index is 2.22. The Bertz CT molecular complexity index is 720. The molecule has 1 aromatic carbocycles. The van der Waals surface area contributed by atoms with Crippen LogP contribution >= 0.6 is 0 Å². The quantitative estimate of drug-likeness (QED) is 0.642. The van der Waals surface area contributed by atoms with Crippen LogP contribution in [0.4, 0.5) is 0 Å². The summed E-state index contributed by atoms with van der Waals surface area (Å²) in [7, 11) is 0. The SMILES string of the molecule is Cc1ccc2c(CCC(=O)OC(C)(C)C)cc(=O)oc2c1. The van der Waals surface area contributed by atoms with Crippen LogP contribution in [0.15, 0.2) is 33.5 Å². The van der Waals surface area contributed by atoms with Crippen LogP contribution < -0.4 is 5.63 Å². The molecule has 0 radical (unpaired) electrons. The van der Waals surface area contributed by atoms with Gasteiger partial charge in [0.1, 0.15) is 11.2 Å². The van der Waals surface area contributed by atoms with Gasteiger partial charge in [-0.2, -0.15) is 0 Å². The van der Waals surface area contributed by atoms with E-state index in [-0.39, 0.29) is 12.4 Å². The normalized spacial score (nSPS) is 11.6. The van der Waals surface area contributed by atoms with Gasteiger partial charge in [-0.05, 0) is 51.3 Å². The van der Waals surface area contributed by atoms with Crippen molar-refractivity contribution in [3.63, 3.8) is 0 Å². The van der Waals surface area contributed by atoms with Gasteiger partial charge in [0.15, 0.2) is 0 Å². The van der Waals surface area contributed by atoms with E-state index < -0.39 is 11.2 Å². The van der Waals surface area contributed by atoms with Crippen LogP contribution in [0.3, 0.4) is 0 Å². The molecule has 0 saturated carbocycles. The van der Waals surface area contributed by atoms with Crippen LogP contribution in [0.5, 0.6) is 0 Å². The molecule has 0 aliphatic heterocycles. The third kappa shape index (κ3) is 4.18. The van der Waals surface area contributed by atoms with Crippen molar-refractivity contribution in [3.8, 4) is 0 Å². The summed E-state index contributed by atoms with van der Waals surface area (Å²) in [5, 5.41) is 0.865. The fourth-order valence-electron chi connectivity index (χ4n) is 2.17. The summed E-state index contributed by atoms with van der Waals surface area (Å²) in [6, 6.07) is 7.15. The molecule has 0 aliphatic carbocycles. The maximum Gasteiger partial charge on any atom is 0.336 e. The van der Waals surface area contributed by atoms with Gasteiger partial charge >= 0.3 is 11.6 Å². The lowest BCUT2D eigenvalue weighted by atomic mass is 10.0. The highest BCUT2D eigenvalue weighted by atomic mass is 16.6. The van der Waals surface area contributed by atoms with Gasteiger partial charge < -0.3 is 9.15 Å². The molecule has 2 rings (SSSR count). The molecular formula is C17H20O4. The molecule has 0 unspecified atom stereocenters. The van der Waals surface area contributed by atoms with Crippen LogP contribution in [0.1, 0.15) is 38.3 Å². The van der Waals surface area contributed by atoms with E-state index in [4.69, 9.17) is 9.15 Å². The number of carbonyl (C=O) groups is 1. The van der Waals surface area contributed by atoms with E-state index in [1.807, 2.05) is 45.9 Å². The lowest BCUT2D eigenvalue weighted by Crippen LogP contribution is -2.24. The second-order valence-electron chi connectivity index (χ2n) is 6.18. The summed E-state index contributed by atoms with van der Waals surface area (Å²) in [6.45, 7) is 7.44. The van der Waals surface area contributed by atoms with Crippen molar-refractivity contribution >= 4 is 16.9 Å². The lowest BCUT2D eigenvalue weighted by molar-refractivity contribution is -0.154. The molecule has 21 heavy (non-hydrogen) atoms. The molecule has 0 bridgehead atoms. The molecule has 0 amide bonds. The summed E-state index contributed by atoms with van der Waals surface area (Å²) in [5.41, 5.74) is 1.50. The zero-order valence-electron chi connectivity index (χ0n) is 12.9. The molecule has 0 atom stereocenters. The van der Waals surface area contributed by atoms with Gasteiger partial charge in [-0.3, -0.25) is 4.79 Å². The van der Waals surface area contributed by atoms with Crippen molar-refractivity contribution in [2.75, 3.05) is 0 Å². The molecule has 112 valence electrons. The molecule has 0 fully saturated rings. The molecule has 0 saturated heterocycles. The Kier molecular flexibility index (Phi) is 4.16. The van der Waals surface area contributed by atoms with Gasteiger partial charge in [0, 0.05) is 17.9 Å². The number of carbonyl (C=O) groups excluding carboxylic acids is 1. The van der Waals surface area contributed by atoms with Gasteiger partial charge in [0.2, 0.25) is 0 Å². The van der Waals surface area contributed by atoms with Gasteiger partial charge in [-0.15, -0.1) is 0 Å². The molecule has 2 aromatic rings. The van der Waals surface area contributed by atoms with Crippen molar-refractivity contribution in [2.45, 2.75) is 46.1 Å². The molecule has 1 aromatic heterocycles. The summed E-state index contributed by atoms with van der Waals surface area (Å²) in [6.07, 6.45) is 0.698. The van der Waals surface area contributed by atoms with Crippen molar-refractivity contribution in [2.24, 2.45) is 0 Å². The second kappa shape index (κ2) is 5.72. The fourth-order valence-corrected chi connectivity index (χ4v) is 2.17. The first-order chi connectivity index (χ1) is 9.74. The molecule has 0 aliphatic rings. The predicted octanol–water partition coefficient (Wildman–Crippen LogP) is 3.38. The largest absolute Gasteiger partial charge is 0.460 e. The first-order valence-electron chi connectivity index (χ1n) is 7.00.